The van der Waals surface area contributed by atoms with Gasteiger partial charge in [-0.2, -0.15) is 5.10 Å². The fourth-order valence-electron chi connectivity index (χ4n) is 4.25. The number of hydrazone groups is 1. The third-order valence-corrected chi connectivity index (χ3v) is 8.26. The topological polar surface area (TPSA) is 82.1 Å². The number of likely N-dealkylation sites (tertiary alicyclic amines) is 1. The molecule has 188 valence electrons. The van der Waals surface area contributed by atoms with Gasteiger partial charge in [-0.15, -0.1) is 0 Å². The Morgan fingerprint density at radius 3 is 2.22 bits per heavy atom. The Morgan fingerprint density at radius 2 is 1.56 bits per heavy atom. The molecule has 1 fully saturated rings. The summed E-state index contributed by atoms with van der Waals surface area (Å²) in [7, 11) is -3.95. The van der Waals surface area contributed by atoms with E-state index in [1.165, 1.54) is 22.0 Å². The molecule has 0 aliphatic carbocycles. The van der Waals surface area contributed by atoms with Crippen LogP contribution in [0.3, 0.4) is 0 Å². The number of hydrogen-bond acceptors (Lipinski definition) is 5. The maximum absolute atomic E-state index is 13.5. The van der Waals surface area contributed by atoms with Gasteiger partial charge in [-0.05, 0) is 48.7 Å². The number of carbonyl (C=O) groups excluding carboxylic acids is 1. The quantitative estimate of drug-likeness (QED) is 0.465. The van der Waals surface area contributed by atoms with Gasteiger partial charge in [-0.1, -0.05) is 60.7 Å². The molecule has 1 heterocycles. The summed E-state index contributed by atoms with van der Waals surface area (Å²) in [6, 6.07) is 24.0. The van der Waals surface area contributed by atoms with E-state index in [1.54, 1.807) is 30.3 Å². The monoisotopic (exact) mass is 504 g/mol. The summed E-state index contributed by atoms with van der Waals surface area (Å²) in [5, 5.41) is 4.34. The van der Waals surface area contributed by atoms with Crippen LogP contribution < -0.4 is 9.73 Å². The minimum absolute atomic E-state index is 0.135. The highest BCUT2D eigenvalue weighted by Crippen LogP contribution is 2.28. The molecule has 8 heteroatoms. The predicted molar refractivity (Wildman–Crippen MR) is 143 cm³/mol. The Kier molecular flexibility index (Phi) is 8.18. The molecule has 0 unspecified atom stereocenters. The van der Waals surface area contributed by atoms with E-state index in [1.807, 2.05) is 38.1 Å². The van der Waals surface area contributed by atoms with Crippen LogP contribution in [0.4, 0.5) is 5.69 Å². The van der Waals surface area contributed by atoms with Gasteiger partial charge in [0.2, 0.25) is 0 Å². The van der Waals surface area contributed by atoms with Crippen molar-refractivity contribution < 1.29 is 13.2 Å². The summed E-state index contributed by atoms with van der Waals surface area (Å²) in [6.45, 7) is 6.03. The van der Waals surface area contributed by atoms with Crippen LogP contribution in [0.25, 0.3) is 0 Å². The number of sulfonamides is 1. The molecular formula is C28H32N4O3S. The summed E-state index contributed by atoms with van der Waals surface area (Å²) >= 11 is 0. The van der Waals surface area contributed by atoms with E-state index in [0.29, 0.717) is 5.69 Å². The van der Waals surface area contributed by atoms with Gasteiger partial charge in [0.15, 0.2) is 0 Å². The Morgan fingerprint density at radius 1 is 0.917 bits per heavy atom. The van der Waals surface area contributed by atoms with Crippen molar-refractivity contribution in [3.63, 3.8) is 0 Å². The van der Waals surface area contributed by atoms with Crippen molar-refractivity contribution in [2.24, 2.45) is 5.10 Å². The van der Waals surface area contributed by atoms with Crippen LogP contribution in [0.5, 0.6) is 0 Å². The SMILES string of the molecule is Cc1cccc(N(CC(=O)NN=C2CCN(Cc3ccccc3)CC2)S(=O)(=O)c2ccccc2)c1C. The van der Waals surface area contributed by atoms with Gasteiger partial charge in [0.1, 0.15) is 6.54 Å². The number of benzene rings is 3. The number of nitrogens with zero attached hydrogens (tertiary/aromatic N) is 3. The zero-order chi connectivity index (χ0) is 25.5. The second-order valence-corrected chi connectivity index (χ2v) is 10.9. The van der Waals surface area contributed by atoms with Crippen molar-refractivity contribution in [1.82, 2.24) is 10.3 Å². The van der Waals surface area contributed by atoms with Crippen LogP contribution in [0.1, 0.15) is 29.5 Å². The molecule has 0 radical (unpaired) electrons. The average molecular weight is 505 g/mol. The normalized spacial score (nSPS) is 14.3. The lowest BCUT2D eigenvalue weighted by Gasteiger charge is -2.28. The standard InChI is InChI=1S/C28H32N4O3S/c1-22-10-9-15-27(23(22)2)32(36(34,35)26-13-7-4-8-14-26)21-28(33)30-29-25-16-18-31(19-17-25)20-24-11-5-3-6-12-24/h3-15H,16-21H2,1-2H3,(H,30,33). The first-order chi connectivity index (χ1) is 17.3. The molecule has 36 heavy (non-hydrogen) atoms. The Bertz CT molecular complexity index is 1320. The van der Waals surface area contributed by atoms with Gasteiger partial charge in [-0.3, -0.25) is 14.0 Å². The molecule has 7 nitrogen and oxygen atoms in total. The van der Waals surface area contributed by atoms with Gasteiger partial charge < -0.3 is 0 Å². The maximum atomic E-state index is 13.5. The smallest absolute Gasteiger partial charge is 0.264 e. The molecule has 0 bridgehead atoms. The largest absolute Gasteiger partial charge is 0.298 e. The number of rotatable bonds is 8. The van der Waals surface area contributed by atoms with Crippen molar-refractivity contribution in [1.29, 1.82) is 0 Å². The Hall–Kier alpha value is -3.49. The lowest BCUT2D eigenvalue weighted by Crippen LogP contribution is -2.40. The van der Waals surface area contributed by atoms with Crippen LogP contribution in [0, 0.1) is 13.8 Å². The Labute approximate surface area is 213 Å². The van der Waals surface area contributed by atoms with E-state index in [4.69, 9.17) is 0 Å². The summed E-state index contributed by atoms with van der Waals surface area (Å²) < 4.78 is 28.2. The van der Waals surface area contributed by atoms with Gasteiger partial charge in [0, 0.05) is 38.2 Å². The number of hydrogen-bond donors (Lipinski definition) is 1. The number of amides is 1. The third kappa shape index (κ3) is 6.19. The van der Waals surface area contributed by atoms with E-state index in [0.717, 1.165) is 49.3 Å². The molecule has 1 amide bonds. The zero-order valence-corrected chi connectivity index (χ0v) is 21.5. The van der Waals surface area contributed by atoms with Crippen LogP contribution >= 0.6 is 0 Å². The van der Waals surface area contributed by atoms with Crippen LogP contribution in [0.15, 0.2) is 88.9 Å². The second-order valence-electron chi connectivity index (χ2n) is 9.02. The van der Waals surface area contributed by atoms with Crippen molar-refractivity contribution in [3.8, 4) is 0 Å². The number of piperidine rings is 1. The minimum atomic E-state index is -3.95. The molecule has 1 aliphatic heterocycles. The van der Waals surface area contributed by atoms with Crippen molar-refractivity contribution >= 4 is 27.3 Å². The van der Waals surface area contributed by atoms with Crippen molar-refractivity contribution in [2.45, 2.75) is 38.1 Å². The zero-order valence-electron chi connectivity index (χ0n) is 20.7. The van der Waals surface area contributed by atoms with Crippen LogP contribution in [-0.2, 0) is 21.4 Å². The molecule has 1 aliphatic rings. The van der Waals surface area contributed by atoms with Crippen LogP contribution in [0.2, 0.25) is 0 Å². The molecule has 0 aromatic heterocycles. The lowest BCUT2D eigenvalue weighted by molar-refractivity contribution is -0.119. The number of aryl methyl sites for hydroxylation is 1. The summed E-state index contributed by atoms with van der Waals surface area (Å²) in [5.41, 5.74) is 7.03. The highest BCUT2D eigenvalue weighted by Gasteiger charge is 2.28. The lowest BCUT2D eigenvalue weighted by atomic mass is 10.1. The van der Waals surface area contributed by atoms with Gasteiger partial charge >= 0.3 is 0 Å². The van der Waals surface area contributed by atoms with Crippen molar-refractivity contribution in [3.05, 3.63) is 95.6 Å². The van der Waals surface area contributed by atoms with Crippen LogP contribution in [-0.4, -0.2) is 44.6 Å². The first-order valence-corrected chi connectivity index (χ1v) is 13.5. The van der Waals surface area contributed by atoms with Gasteiger partial charge in [0.25, 0.3) is 15.9 Å². The molecule has 1 N–H and O–H groups in total. The molecular weight excluding hydrogens is 472 g/mol. The maximum Gasteiger partial charge on any atom is 0.264 e. The fraction of sp³-hybridized carbons (Fsp3) is 0.286. The van der Waals surface area contributed by atoms with Crippen molar-refractivity contribution in [2.75, 3.05) is 23.9 Å². The molecule has 0 spiro atoms. The average Bonchev–Trinajstić information content (AvgIpc) is 2.90. The van der Waals surface area contributed by atoms with E-state index < -0.39 is 15.9 Å². The highest BCUT2D eigenvalue weighted by atomic mass is 32.2. The minimum Gasteiger partial charge on any atom is -0.298 e. The second kappa shape index (κ2) is 11.5. The third-order valence-electron chi connectivity index (χ3n) is 6.48. The summed E-state index contributed by atoms with van der Waals surface area (Å²) in [5.74, 6) is -0.477. The van der Waals surface area contributed by atoms with E-state index in [-0.39, 0.29) is 11.4 Å². The van der Waals surface area contributed by atoms with E-state index in [9.17, 15) is 13.2 Å². The number of carbonyl (C=O) groups is 1. The fourth-order valence-corrected chi connectivity index (χ4v) is 5.75. The molecule has 1 saturated heterocycles. The first kappa shape index (κ1) is 25.6. The molecule has 4 rings (SSSR count). The highest BCUT2D eigenvalue weighted by molar-refractivity contribution is 7.92. The van der Waals surface area contributed by atoms with Gasteiger partial charge in [-0.25, -0.2) is 13.8 Å². The first-order valence-electron chi connectivity index (χ1n) is 12.1. The molecule has 0 atom stereocenters. The summed E-state index contributed by atoms with van der Waals surface area (Å²) in [6.07, 6.45) is 1.52. The number of nitrogens with one attached hydrogen (secondary N) is 1. The Balaban J connectivity index is 1.44. The molecule has 3 aromatic carbocycles. The summed E-state index contributed by atoms with van der Waals surface area (Å²) in [4.78, 5) is 15.4. The van der Waals surface area contributed by atoms with E-state index >= 15 is 0 Å². The molecule has 3 aromatic rings. The predicted octanol–water partition coefficient (Wildman–Crippen LogP) is 4.27. The van der Waals surface area contributed by atoms with E-state index in [2.05, 4.69) is 27.6 Å². The molecule has 0 saturated carbocycles. The van der Waals surface area contributed by atoms with Gasteiger partial charge in [0.05, 0.1) is 10.6 Å². The number of anilines is 1.